The van der Waals surface area contributed by atoms with Crippen LogP contribution in [0.15, 0.2) is 29.4 Å². The lowest BCUT2D eigenvalue weighted by Crippen LogP contribution is -2.23. The fourth-order valence-corrected chi connectivity index (χ4v) is 1.68. The van der Waals surface area contributed by atoms with E-state index in [2.05, 4.69) is 5.16 Å². The molecule has 4 nitrogen and oxygen atoms in total. The van der Waals surface area contributed by atoms with Crippen molar-refractivity contribution in [3.8, 4) is 0 Å². The molecule has 0 unspecified atom stereocenters. The van der Waals surface area contributed by atoms with Gasteiger partial charge < -0.3 is 15.1 Å². The topological polar surface area (TPSA) is 62.0 Å². The smallest absolute Gasteiger partial charge is 0.158 e. The van der Waals surface area contributed by atoms with Crippen LogP contribution in [-0.4, -0.2) is 28.6 Å². The molecule has 0 fully saturated rings. The van der Waals surface area contributed by atoms with Crippen LogP contribution in [0.5, 0.6) is 0 Å². The molecule has 0 aliphatic carbocycles. The average molecular weight is 242 g/mol. The summed E-state index contributed by atoms with van der Waals surface area (Å²) in [5.74, 6) is 0. The third-order valence-corrected chi connectivity index (χ3v) is 2.74. The molecule has 86 valence electrons. The molecule has 1 aliphatic heterocycles. The van der Waals surface area contributed by atoms with Crippen molar-refractivity contribution in [2.75, 3.05) is 6.61 Å². The Bertz CT molecular complexity index is 391. The number of oxime groups is 1. The van der Waals surface area contributed by atoms with Crippen LogP contribution in [0.4, 0.5) is 0 Å². The highest BCUT2D eigenvalue weighted by Crippen LogP contribution is 2.28. The zero-order valence-corrected chi connectivity index (χ0v) is 9.26. The van der Waals surface area contributed by atoms with Gasteiger partial charge in [0.2, 0.25) is 0 Å². The number of benzene rings is 1. The minimum atomic E-state index is -0.933. The molecule has 2 N–H and O–H groups in total. The maximum Gasteiger partial charge on any atom is 0.158 e. The first-order chi connectivity index (χ1) is 7.70. The summed E-state index contributed by atoms with van der Waals surface area (Å²) in [4.78, 5) is 5.19. The molecule has 1 aromatic carbocycles. The van der Waals surface area contributed by atoms with E-state index in [1.54, 1.807) is 12.1 Å². The molecule has 0 saturated heterocycles. The molecule has 0 bridgehead atoms. The van der Waals surface area contributed by atoms with Crippen LogP contribution in [0.2, 0.25) is 5.02 Å². The van der Waals surface area contributed by atoms with Crippen LogP contribution >= 0.6 is 11.6 Å². The summed E-state index contributed by atoms with van der Waals surface area (Å²) in [5, 5.41) is 22.6. The Labute approximate surface area is 98.1 Å². The van der Waals surface area contributed by atoms with E-state index in [1.165, 1.54) is 0 Å². The number of aliphatic hydroxyl groups is 2. The molecule has 5 heteroatoms. The van der Waals surface area contributed by atoms with Gasteiger partial charge in [-0.25, -0.2) is 0 Å². The van der Waals surface area contributed by atoms with Crippen LogP contribution in [0.25, 0.3) is 0 Å². The Morgan fingerprint density at radius 1 is 1.44 bits per heavy atom. The van der Waals surface area contributed by atoms with Crippen LogP contribution in [0.3, 0.4) is 0 Å². The zero-order chi connectivity index (χ0) is 11.5. The number of halogens is 1. The fraction of sp³-hybridized carbons (Fsp3) is 0.364. The maximum absolute atomic E-state index is 9.38. The third-order valence-electron chi connectivity index (χ3n) is 2.49. The summed E-state index contributed by atoms with van der Waals surface area (Å²) in [6, 6.07) is 7.27. The highest BCUT2D eigenvalue weighted by molar-refractivity contribution is 6.30. The van der Waals surface area contributed by atoms with Crippen molar-refractivity contribution in [3.05, 3.63) is 34.9 Å². The number of hydrogen-bond donors (Lipinski definition) is 2. The maximum atomic E-state index is 9.38. The first kappa shape index (κ1) is 11.4. The molecule has 0 saturated carbocycles. The van der Waals surface area contributed by atoms with Gasteiger partial charge in [0.05, 0.1) is 12.3 Å². The molecule has 0 radical (unpaired) electrons. The number of nitrogens with zero attached hydrogens (tertiary/aromatic N) is 1. The fourth-order valence-electron chi connectivity index (χ4n) is 1.55. The highest BCUT2D eigenvalue weighted by Gasteiger charge is 2.26. The second-order valence-electron chi connectivity index (χ2n) is 3.63. The normalized spacial score (nSPS) is 21.4. The summed E-state index contributed by atoms with van der Waals surface area (Å²) < 4.78 is 0. The molecule has 2 atom stereocenters. The van der Waals surface area contributed by atoms with E-state index in [4.69, 9.17) is 21.5 Å². The lowest BCUT2D eigenvalue weighted by molar-refractivity contribution is 0.0853. The first-order valence-corrected chi connectivity index (χ1v) is 5.35. The second-order valence-corrected chi connectivity index (χ2v) is 4.07. The molecule has 0 aromatic heterocycles. The summed E-state index contributed by atoms with van der Waals surface area (Å²) in [6.07, 6.45) is -0.644. The minimum absolute atomic E-state index is 0.200. The third kappa shape index (κ3) is 2.35. The lowest BCUT2D eigenvalue weighted by Gasteiger charge is -2.08. The molecule has 16 heavy (non-hydrogen) atoms. The van der Waals surface area contributed by atoms with Gasteiger partial charge in [-0.05, 0) is 17.7 Å². The number of aliphatic hydroxyl groups excluding tert-OH is 2. The Morgan fingerprint density at radius 3 is 2.75 bits per heavy atom. The van der Waals surface area contributed by atoms with Crippen molar-refractivity contribution in [1.29, 1.82) is 0 Å². The van der Waals surface area contributed by atoms with E-state index in [0.29, 0.717) is 17.2 Å². The van der Waals surface area contributed by atoms with E-state index in [0.717, 1.165) is 5.56 Å². The summed E-state index contributed by atoms with van der Waals surface area (Å²) >= 11 is 5.78. The van der Waals surface area contributed by atoms with Crippen molar-refractivity contribution in [3.63, 3.8) is 0 Å². The van der Waals surface area contributed by atoms with E-state index in [9.17, 15) is 5.11 Å². The number of rotatable bonds is 3. The minimum Gasteiger partial charge on any atom is -0.393 e. The molecule has 1 heterocycles. The van der Waals surface area contributed by atoms with Crippen LogP contribution in [-0.2, 0) is 4.84 Å². The van der Waals surface area contributed by atoms with Crippen molar-refractivity contribution < 1.29 is 15.1 Å². The second kappa shape index (κ2) is 4.82. The van der Waals surface area contributed by atoms with E-state index in [-0.39, 0.29) is 12.7 Å². The Hall–Kier alpha value is -1.10. The first-order valence-electron chi connectivity index (χ1n) is 4.97. The molecule has 2 rings (SSSR count). The van der Waals surface area contributed by atoms with Gasteiger partial charge in [-0.1, -0.05) is 28.9 Å². The zero-order valence-electron chi connectivity index (χ0n) is 8.51. The van der Waals surface area contributed by atoms with Gasteiger partial charge in [0.1, 0.15) is 6.10 Å². The monoisotopic (exact) mass is 241 g/mol. The molecule has 0 spiro atoms. The van der Waals surface area contributed by atoms with Crippen LogP contribution < -0.4 is 0 Å². The van der Waals surface area contributed by atoms with Crippen LogP contribution in [0.1, 0.15) is 18.1 Å². The summed E-state index contributed by atoms with van der Waals surface area (Å²) in [7, 11) is 0. The van der Waals surface area contributed by atoms with Gasteiger partial charge in [0, 0.05) is 11.4 Å². The highest BCUT2D eigenvalue weighted by atomic mass is 35.5. The van der Waals surface area contributed by atoms with Gasteiger partial charge in [0.15, 0.2) is 6.10 Å². The van der Waals surface area contributed by atoms with Crippen molar-refractivity contribution in [1.82, 2.24) is 0 Å². The summed E-state index contributed by atoms with van der Waals surface area (Å²) in [5.41, 5.74) is 1.43. The van der Waals surface area contributed by atoms with Gasteiger partial charge in [-0.2, -0.15) is 0 Å². The largest absolute Gasteiger partial charge is 0.393 e. The SMILES string of the molecule is OC[C@H](O)C1=NO[C@H](c2ccc(Cl)cc2)C1. The lowest BCUT2D eigenvalue weighted by atomic mass is 10.0. The standard InChI is InChI=1S/C11H12ClNO3/c12-8-3-1-7(2-4-8)11-5-9(13-16-11)10(15)6-14/h1-4,10-11,14-15H,5-6H2/t10-,11-/m0/s1. The summed E-state index contributed by atoms with van der Waals surface area (Å²) in [6.45, 7) is -0.338. The number of hydrogen-bond acceptors (Lipinski definition) is 4. The van der Waals surface area contributed by atoms with Gasteiger partial charge >= 0.3 is 0 Å². The van der Waals surface area contributed by atoms with Gasteiger partial charge in [-0.3, -0.25) is 0 Å². The molecular weight excluding hydrogens is 230 g/mol. The van der Waals surface area contributed by atoms with Crippen LogP contribution in [0, 0.1) is 0 Å². The Morgan fingerprint density at radius 2 is 2.12 bits per heavy atom. The molecule has 1 aliphatic rings. The predicted molar refractivity (Wildman–Crippen MR) is 60.4 cm³/mol. The Balaban J connectivity index is 2.03. The van der Waals surface area contributed by atoms with Crippen molar-refractivity contribution >= 4 is 17.3 Å². The molecule has 1 aromatic rings. The van der Waals surface area contributed by atoms with Crippen molar-refractivity contribution in [2.45, 2.75) is 18.6 Å². The quantitative estimate of drug-likeness (QED) is 0.843. The Kier molecular flexibility index (Phi) is 3.43. The average Bonchev–Trinajstić information content (AvgIpc) is 2.78. The van der Waals surface area contributed by atoms with E-state index in [1.807, 2.05) is 12.1 Å². The van der Waals surface area contributed by atoms with E-state index >= 15 is 0 Å². The van der Waals surface area contributed by atoms with Crippen molar-refractivity contribution in [2.24, 2.45) is 5.16 Å². The van der Waals surface area contributed by atoms with Gasteiger partial charge in [-0.15, -0.1) is 0 Å². The van der Waals surface area contributed by atoms with E-state index < -0.39 is 6.10 Å². The molecule has 0 amide bonds. The molecular formula is C11H12ClNO3. The van der Waals surface area contributed by atoms with Gasteiger partial charge in [0.25, 0.3) is 0 Å². The predicted octanol–water partition coefficient (Wildman–Crippen LogP) is 1.51.